The Morgan fingerprint density at radius 2 is 2.17 bits per heavy atom. The van der Waals surface area contributed by atoms with Crippen LogP contribution in [0.1, 0.15) is 19.4 Å². The smallest absolute Gasteiger partial charge is 0.120 e. The molecule has 61 valence electrons. The SMILES string of the molecule is CC(C)(O)C#Cc1[c]cccc1. The van der Waals surface area contributed by atoms with E-state index in [4.69, 9.17) is 0 Å². The maximum atomic E-state index is 9.29. The molecule has 0 saturated heterocycles. The predicted molar refractivity (Wildman–Crippen MR) is 48.5 cm³/mol. The van der Waals surface area contributed by atoms with Crippen molar-refractivity contribution >= 4 is 0 Å². The van der Waals surface area contributed by atoms with Gasteiger partial charge in [-0.25, -0.2) is 0 Å². The Kier molecular flexibility index (Phi) is 2.52. The Labute approximate surface area is 73.0 Å². The van der Waals surface area contributed by atoms with Crippen molar-refractivity contribution in [1.82, 2.24) is 0 Å². The molecule has 0 aliphatic carbocycles. The summed E-state index contributed by atoms with van der Waals surface area (Å²) in [4.78, 5) is 0. The molecule has 0 aliphatic rings. The monoisotopic (exact) mass is 159 g/mol. The first-order valence-corrected chi connectivity index (χ1v) is 3.80. The zero-order valence-electron chi connectivity index (χ0n) is 7.26. The fraction of sp³-hybridized carbons (Fsp3) is 0.273. The molecule has 0 saturated carbocycles. The van der Waals surface area contributed by atoms with Gasteiger partial charge in [0.25, 0.3) is 0 Å². The summed E-state index contributed by atoms with van der Waals surface area (Å²) in [6, 6.07) is 10.4. The molecule has 1 rings (SSSR count). The number of hydrogen-bond acceptors (Lipinski definition) is 1. The van der Waals surface area contributed by atoms with E-state index >= 15 is 0 Å². The van der Waals surface area contributed by atoms with Crippen molar-refractivity contribution in [3.05, 3.63) is 35.9 Å². The van der Waals surface area contributed by atoms with Gasteiger partial charge in [0.05, 0.1) is 0 Å². The lowest BCUT2D eigenvalue weighted by atomic mass is 10.1. The molecule has 1 N–H and O–H groups in total. The lowest BCUT2D eigenvalue weighted by Gasteiger charge is -2.05. The van der Waals surface area contributed by atoms with Crippen LogP contribution < -0.4 is 0 Å². The number of aliphatic hydroxyl groups is 1. The minimum absolute atomic E-state index is 0.805. The highest BCUT2D eigenvalue weighted by atomic mass is 16.3. The van der Waals surface area contributed by atoms with Crippen LogP contribution in [0.5, 0.6) is 0 Å². The summed E-state index contributed by atoms with van der Waals surface area (Å²) < 4.78 is 0. The van der Waals surface area contributed by atoms with Gasteiger partial charge in [-0.05, 0) is 26.0 Å². The lowest BCUT2D eigenvalue weighted by molar-refractivity contribution is 0.143. The second kappa shape index (κ2) is 3.42. The van der Waals surface area contributed by atoms with Crippen LogP contribution >= 0.6 is 0 Å². The summed E-state index contributed by atoms with van der Waals surface area (Å²) in [6.07, 6.45) is 0. The van der Waals surface area contributed by atoms with Crippen molar-refractivity contribution in [2.75, 3.05) is 0 Å². The van der Waals surface area contributed by atoms with Gasteiger partial charge in [-0.3, -0.25) is 0 Å². The molecule has 0 aromatic heterocycles. The number of hydrogen-bond donors (Lipinski definition) is 1. The second-order valence-corrected chi connectivity index (χ2v) is 3.09. The first-order chi connectivity index (χ1) is 5.58. The molecule has 1 nitrogen and oxygen atoms in total. The van der Waals surface area contributed by atoms with E-state index in [2.05, 4.69) is 17.9 Å². The number of benzene rings is 1. The van der Waals surface area contributed by atoms with Gasteiger partial charge in [0.15, 0.2) is 0 Å². The van der Waals surface area contributed by atoms with Gasteiger partial charge in [-0.15, -0.1) is 0 Å². The van der Waals surface area contributed by atoms with E-state index < -0.39 is 5.60 Å². The third-order valence-electron chi connectivity index (χ3n) is 1.21. The Morgan fingerprint density at radius 1 is 1.42 bits per heavy atom. The topological polar surface area (TPSA) is 20.2 Å². The zero-order valence-corrected chi connectivity index (χ0v) is 7.26. The summed E-state index contributed by atoms with van der Waals surface area (Å²) in [5, 5.41) is 9.29. The molecule has 0 bridgehead atoms. The van der Waals surface area contributed by atoms with Gasteiger partial charge in [0.1, 0.15) is 5.60 Å². The summed E-state index contributed by atoms with van der Waals surface area (Å²) in [7, 11) is 0. The molecule has 0 atom stereocenters. The lowest BCUT2D eigenvalue weighted by Crippen LogP contribution is -2.14. The van der Waals surface area contributed by atoms with Crippen molar-refractivity contribution in [3.63, 3.8) is 0 Å². The van der Waals surface area contributed by atoms with Gasteiger partial charge in [-0.2, -0.15) is 0 Å². The highest BCUT2D eigenvalue weighted by Gasteiger charge is 2.05. The van der Waals surface area contributed by atoms with Crippen molar-refractivity contribution in [3.8, 4) is 11.8 Å². The highest BCUT2D eigenvalue weighted by molar-refractivity contribution is 5.34. The fourth-order valence-corrected chi connectivity index (χ4v) is 0.691. The van der Waals surface area contributed by atoms with E-state index in [1.54, 1.807) is 19.9 Å². The third-order valence-corrected chi connectivity index (χ3v) is 1.21. The molecular formula is C11H11O. The first kappa shape index (κ1) is 8.83. The average molecular weight is 159 g/mol. The Morgan fingerprint density at radius 3 is 2.67 bits per heavy atom. The van der Waals surface area contributed by atoms with E-state index in [1.807, 2.05) is 18.2 Å². The maximum Gasteiger partial charge on any atom is 0.120 e. The van der Waals surface area contributed by atoms with Gasteiger partial charge in [-0.1, -0.05) is 30.0 Å². The predicted octanol–water partition coefficient (Wildman–Crippen LogP) is 1.61. The maximum absolute atomic E-state index is 9.29. The Bertz CT molecular complexity index is 295. The molecular weight excluding hydrogens is 148 g/mol. The van der Waals surface area contributed by atoms with E-state index in [0.717, 1.165) is 5.56 Å². The van der Waals surface area contributed by atoms with Crippen LogP contribution in [0.15, 0.2) is 24.3 Å². The molecule has 12 heavy (non-hydrogen) atoms. The van der Waals surface area contributed by atoms with Crippen LogP contribution in [0.4, 0.5) is 0 Å². The minimum atomic E-state index is -0.927. The van der Waals surface area contributed by atoms with Crippen LogP contribution in [0.3, 0.4) is 0 Å². The normalized spacial score (nSPS) is 10.2. The van der Waals surface area contributed by atoms with Gasteiger partial charge >= 0.3 is 0 Å². The zero-order chi connectivity index (χ0) is 9.03. The summed E-state index contributed by atoms with van der Waals surface area (Å²) in [5.74, 6) is 5.54. The summed E-state index contributed by atoms with van der Waals surface area (Å²) in [5.41, 5.74) is -0.122. The fourth-order valence-electron chi connectivity index (χ4n) is 0.691. The van der Waals surface area contributed by atoms with E-state index in [-0.39, 0.29) is 0 Å². The Hall–Kier alpha value is -1.26. The van der Waals surface area contributed by atoms with Crippen molar-refractivity contribution < 1.29 is 5.11 Å². The summed E-state index contributed by atoms with van der Waals surface area (Å²) in [6.45, 7) is 3.31. The molecule has 0 fully saturated rings. The van der Waals surface area contributed by atoms with Crippen LogP contribution in [0, 0.1) is 17.9 Å². The molecule has 1 radical (unpaired) electrons. The third kappa shape index (κ3) is 3.23. The van der Waals surface area contributed by atoms with Gasteiger partial charge < -0.3 is 5.11 Å². The molecule has 0 heterocycles. The first-order valence-electron chi connectivity index (χ1n) is 3.80. The molecule has 0 spiro atoms. The molecule has 1 heteroatoms. The van der Waals surface area contributed by atoms with Crippen molar-refractivity contribution in [2.45, 2.75) is 19.4 Å². The molecule has 1 aromatic rings. The standard InChI is InChI=1S/C11H11O/c1-11(2,12)9-8-10-6-4-3-5-7-10/h3-6,12H,1-2H3. The molecule has 0 amide bonds. The minimum Gasteiger partial charge on any atom is -0.378 e. The number of rotatable bonds is 0. The molecule has 0 aliphatic heterocycles. The van der Waals surface area contributed by atoms with Crippen LogP contribution in [0.2, 0.25) is 0 Å². The summed E-state index contributed by atoms with van der Waals surface area (Å²) >= 11 is 0. The van der Waals surface area contributed by atoms with Crippen LogP contribution in [-0.2, 0) is 0 Å². The van der Waals surface area contributed by atoms with Gasteiger partial charge in [0.2, 0.25) is 0 Å². The average Bonchev–Trinajstić information content (AvgIpc) is 2.02. The van der Waals surface area contributed by atoms with Crippen LogP contribution in [0.25, 0.3) is 0 Å². The van der Waals surface area contributed by atoms with Crippen molar-refractivity contribution in [1.29, 1.82) is 0 Å². The molecule has 0 unspecified atom stereocenters. The van der Waals surface area contributed by atoms with Crippen molar-refractivity contribution in [2.24, 2.45) is 0 Å². The van der Waals surface area contributed by atoms with Crippen LogP contribution in [-0.4, -0.2) is 10.7 Å². The van der Waals surface area contributed by atoms with Gasteiger partial charge in [0, 0.05) is 5.56 Å². The quantitative estimate of drug-likeness (QED) is 0.570. The largest absolute Gasteiger partial charge is 0.378 e. The molecule has 1 aromatic carbocycles. The van der Waals surface area contributed by atoms with E-state index in [1.165, 1.54) is 0 Å². The van der Waals surface area contributed by atoms with E-state index in [0.29, 0.717) is 0 Å². The Balaban J connectivity index is 2.81. The highest BCUT2D eigenvalue weighted by Crippen LogP contribution is 1.99. The second-order valence-electron chi connectivity index (χ2n) is 3.09. The van der Waals surface area contributed by atoms with E-state index in [9.17, 15) is 5.11 Å².